The van der Waals surface area contributed by atoms with Crippen LogP contribution in [0.2, 0.25) is 0 Å². The number of rotatable bonds is 4. The van der Waals surface area contributed by atoms with Crippen molar-refractivity contribution in [3.05, 3.63) is 114 Å². The van der Waals surface area contributed by atoms with Crippen molar-refractivity contribution in [1.82, 2.24) is 0 Å². The molecule has 0 amide bonds. The zero-order chi connectivity index (χ0) is 28.3. The third-order valence-electron chi connectivity index (χ3n) is 8.21. The van der Waals surface area contributed by atoms with E-state index in [0.29, 0.717) is 22.9 Å². The highest BCUT2D eigenvalue weighted by atomic mass is 19.1. The fourth-order valence-corrected chi connectivity index (χ4v) is 6.11. The van der Waals surface area contributed by atoms with Crippen LogP contribution < -0.4 is 4.57 Å². The summed E-state index contributed by atoms with van der Waals surface area (Å²) in [6.07, 6.45) is 4.50. The molecular formula is C36H31FNO+. The molecule has 0 saturated heterocycles. The minimum absolute atomic E-state index is 0.331. The lowest BCUT2D eigenvalue weighted by Gasteiger charge is -2.11. The summed E-state index contributed by atoms with van der Waals surface area (Å²) in [4.78, 5) is 0. The van der Waals surface area contributed by atoms with Crippen molar-refractivity contribution >= 4 is 21.9 Å². The summed E-state index contributed by atoms with van der Waals surface area (Å²) < 4.78 is 40.9. The highest BCUT2D eigenvalue weighted by Crippen LogP contribution is 2.42. The molecule has 0 atom stereocenters. The molecule has 0 spiro atoms. The number of fused-ring (bicyclic) bond motifs is 3. The average molecular weight is 515 g/mol. The van der Waals surface area contributed by atoms with E-state index in [4.69, 9.17) is 7.16 Å². The summed E-state index contributed by atoms with van der Waals surface area (Å²) in [5, 5.41) is 1.78. The quantitative estimate of drug-likeness (QED) is 0.214. The number of nitrogens with zero attached hydrogens (tertiary/aromatic N) is 1. The zero-order valence-electron chi connectivity index (χ0n) is 24.2. The van der Waals surface area contributed by atoms with Crippen molar-refractivity contribution in [1.29, 1.82) is 0 Å². The van der Waals surface area contributed by atoms with Crippen LogP contribution >= 0.6 is 0 Å². The molecule has 7 rings (SSSR count). The molecule has 1 aliphatic rings. The average Bonchev–Trinajstić information content (AvgIpc) is 3.59. The minimum Gasteiger partial charge on any atom is -0.454 e. The maximum Gasteiger partial charge on any atom is 0.216 e. The predicted molar refractivity (Wildman–Crippen MR) is 157 cm³/mol. The van der Waals surface area contributed by atoms with Gasteiger partial charge < -0.3 is 4.42 Å². The van der Waals surface area contributed by atoms with Crippen molar-refractivity contribution < 1.29 is 16.1 Å². The van der Waals surface area contributed by atoms with Crippen molar-refractivity contribution in [2.24, 2.45) is 7.05 Å². The Kier molecular flexibility index (Phi) is 5.28. The number of pyridine rings is 1. The number of benzene rings is 4. The van der Waals surface area contributed by atoms with Gasteiger partial charge in [-0.25, -0.2) is 8.96 Å². The van der Waals surface area contributed by atoms with E-state index in [1.807, 2.05) is 61.0 Å². The molecule has 2 nitrogen and oxygen atoms in total. The Morgan fingerprint density at radius 1 is 0.769 bits per heavy atom. The van der Waals surface area contributed by atoms with Crippen LogP contribution in [0.3, 0.4) is 0 Å². The first-order chi connectivity index (χ1) is 19.8. The van der Waals surface area contributed by atoms with E-state index < -0.39 is 5.89 Å². The summed E-state index contributed by atoms with van der Waals surface area (Å²) in [6, 6.07) is 29.3. The second-order valence-corrected chi connectivity index (χ2v) is 10.6. The van der Waals surface area contributed by atoms with Crippen molar-refractivity contribution in [2.45, 2.75) is 38.5 Å². The number of halogens is 1. The van der Waals surface area contributed by atoms with E-state index in [-0.39, 0.29) is 5.82 Å². The van der Waals surface area contributed by atoms with E-state index in [1.165, 1.54) is 6.07 Å². The Balaban J connectivity index is 1.32. The van der Waals surface area contributed by atoms with Gasteiger partial charge in [-0.05, 0) is 71.7 Å². The van der Waals surface area contributed by atoms with Crippen LogP contribution in [0.15, 0.2) is 102 Å². The molecule has 4 aromatic carbocycles. The van der Waals surface area contributed by atoms with Gasteiger partial charge in [0, 0.05) is 24.3 Å². The molecular weight excluding hydrogens is 481 g/mol. The lowest BCUT2D eigenvalue weighted by molar-refractivity contribution is -0.660. The van der Waals surface area contributed by atoms with Crippen LogP contribution in [0.25, 0.3) is 55.4 Å². The predicted octanol–water partition coefficient (Wildman–Crippen LogP) is 9.52. The monoisotopic (exact) mass is 514 g/mol. The normalized spacial score (nSPS) is 15.6. The van der Waals surface area contributed by atoms with Crippen LogP contribution in [0.4, 0.5) is 4.39 Å². The number of aryl methyl sites for hydroxylation is 1. The van der Waals surface area contributed by atoms with Gasteiger partial charge in [0.15, 0.2) is 6.17 Å². The van der Waals surface area contributed by atoms with E-state index in [1.54, 1.807) is 12.1 Å². The smallest absolute Gasteiger partial charge is 0.216 e. The Bertz CT molecular complexity index is 1930. The molecule has 1 fully saturated rings. The Labute approximate surface area is 231 Å². The first-order valence-electron chi connectivity index (χ1n) is 14.7. The summed E-state index contributed by atoms with van der Waals surface area (Å²) in [6.45, 7) is 2.03. The van der Waals surface area contributed by atoms with E-state index in [2.05, 4.69) is 30.3 Å². The van der Waals surface area contributed by atoms with Gasteiger partial charge in [-0.1, -0.05) is 73.5 Å². The van der Waals surface area contributed by atoms with Gasteiger partial charge in [0.2, 0.25) is 5.69 Å². The summed E-state index contributed by atoms with van der Waals surface area (Å²) in [5.41, 5.74) is 8.43. The summed E-state index contributed by atoms with van der Waals surface area (Å²) >= 11 is 0. The maximum atomic E-state index is 15.5. The molecule has 1 aliphatic carbocycles. The zero-order valence-corrected chi connectivity index (χ0v) is 22.2. The van der Waals surface area contributed by atoms with E-state index in [9.17, 15) is 0 Å². The third kappa shape index (κ3) is 4.04. The lowest BCUT2D eigenvalue weighted by Crippen LogP contribution is -2.30. The van der Waals surface area contributed by atoms with Gasteiger partial charge in [0.1, 0.15) is 25.4 Å². The molecule has 6 aromatic rings. The van der Waals surface area contributed by atoms with Crippen molar-refractivity contribution in [3.8, 4) is 33.5 Å². The summed E-state index contributed by atoms with van der Waals surface area (Å²) in [7, 11) is 1.87. The molecule has 0 radical (unpaired) electrons. The molecule has 2 heterocycles. The molecule has 2 aromatic heterocycles. The molecule has 0 N–H and O–H groups in total. The topological polar surface area (TPSA) is 17.0 Å². The first-order valence-corrected chi connectivity index (χ1v) is 13.7. The molecule has 39 heavy (non-hydrogen) atoms. The molecule has 3 heteroatoms. The van der Waals surface area contributed by atoms with Gasteiger partial charge in [-0.15, -0.1) is 0 Å². The minimum atomic E-state index is -0.453. The second kappa shape index (κ2) is 9.50. The van der Waals surface area contributed by atoms with Gasteiger partial charge in [-0.2, -0.15) is 0 Å². The molecule has 192 valence electrons. The molecule has 1 saturated carbocycles. The third-order valence-corrected chi connectivity index (χ3v) is 8.21. The van der Waals surface area contributed by atoms with Crippen molar-refractivity contribution in [3.63, 3.8) is 0 Å². The Morgan fingerprint density at radius 2 is 1.38 bits per heavy atom. The molecule has 0 aliphatic heterocycles. The van der Waals surface area contributed by atoms with Gasteiger partial charge in [0.25, 0.3) is 0 Å². The number of aromatic nitrogens is 1. The van der Waals surface area contributed by atoms with Gasteiger partial charge >= 0.3 is 0 Å². The van der Waals surface area contributed by atoms with Crippen LogP contribution in [-0.4, -0.2) is 0 Å². The standard InChI is InChI=1S/C36H31FNO/c1-23-10-19-29-30-20-21-31(37)34(36(30)39-35(29)33(23)32-9-5-6-22-38(32)2)28-17-15-27(16-18-28)26-13-11-25(12-14-26)24-7-3-4-8-24/h5-6,9-22,24H,3-4,7-8H2,1-2H3/q+1/i22D,24D. The largest absolute Gasteiger partial charge is 0.454 e. The summed E-state index contributed by atoms with van der Waals surface area (Å²) in [5.74, 6) is -0.784. The van der Waals surface area contributed by atoms with Crippen LogP contribution in [0.5, 0.6) is 0 Å². The highest BCUT2D eigenvalue weighted by molar-refractivity contribution is 6.13. The first kappa shape index (κ1) is 21.7. The van der Waals surface area contributed by atoms with Gasteiger partial charge in [-0.3, -0.25) is 0 Å². The number of hydrogen-bond acceptors (Lipinski definition) is 1. The fraction of sp³-hybridized carbons (Fsp3) is 0.194. The SMILES string of the molecule is [2H]c1cccc(-c2c(C)ccc3c2oc2c(-c4ccc(-c5ccc(C6([2H])CCCC6)cc5)cc4)c(F)ccc23)[n+]1C. The van der Waals surface area contributed by atoms with Crippen molar-refractivity contribution in [2.75, 3.05) is 0 Å². The molecule has 0 bridgehead atoms. The van der Waals surface area contributed by atoms with Gasteiger partial charge in [0.05, 0.1) is 11.1 Å². The Morgan fingerprint density at radius 3 is 2.10 bits per heavy atom. The highest BCUT2D eigenvalue weighted by Gasteiger charge is 2.23. The Hall–Kier alpha value is -4.24. The number of hydrogen-bond donors (Lipinski definition) is 0. The number of furan rings is 1. The maximum absolute atomic E-state index is 15.5. The molecule has 0 unspecified atom stereocenters. The van der Waals surface area contributed by atoms with Crippen LogP contribution in [-0.2, 0) is 7.05 Å². The van der Waals surface area contributed by atoms with Crippen LogP contribution in [0.1, 0.15) is 45.4 Å². The van der Waals surface area contributed by atoms with E-state index >= 15 is 4.39 Å². The fourth-order valence-electron chi connectivity index (χ4n) is 6.11. The van der Waals surface area contributed by atoms with E-state index in [0.717, 1.165) is 75.5 Å². The van der Waals surface area contributed by atoms with Crippen LogP contribution in [0, 0.1) is 12.7 Å². The second-order valence-electron chi connectivity index (χ2n) is 10.6. The lowest BCUT2D eigenvalue weighted by atomic mass is 9.94.